The molecule has 3 N–H and O–H groups in total. The number of fused-ring (bicyclic) bond motifs is 1. The maximum Gasteiger partial charge on any atom is 0.257 e. The number of likely N-dealkylation sites (tertiary alicyclic amines) is 1. The fourth-order valence-corrected chi connectivity index (χ4v) is 5.56. The fraction of sp³-hybridized carbons (Fsp3) is 0.407. The van der Waals surface area contributed by atoms with Crippen LogP contribution in [0.25, 0.3) is 16.8 Å². The second kappa shape index (κ2) is 10.3. The molecule has 0 radical (unpaired) electrons. The molecule has 0 bridgehead atoms. The predicted molar refractivity (Wildman–Crippen MR) is 144 cm³/mol. The number of pyridine rings is 1. The summed E-state index contributed by atoms with van der Waals surface area (Å²) in [5.74, 6) is -4.60. The summed E-state index contributed by atoms with van der Waals surface area (Å²) in [6.07, 6.45) is 3.78. The highest BCUT2D eigenvalue weighted by molar-refractivity contribution is 5.98. The third-order valence-corrected chi connectivity index (χ3v) is 7.68. The number of nitrogens with one attached hydrogen (secondary N) is 1. The van der Waals surface area contributed by atoms with Crippen LogP contribution in [-0.2, 0) is 11.3 Å². The molecule has 220 valence electrons. The molecule has 1 aliphatic carbocycles. The zero-order valence-electron chi connectivity index (χ0n) is 22.8. The van der Waals surface area contributed by atoms with E-state index in [1.54, 1.807) is 16.9 Å². The van der Waals surface area contributed by atoms with Gasteiger partial charge in [0.05, 0.1) is 44.0 Å². The summed E-state index contributed by atoms with van der Waals surface area (Å²) in [6, 6.07) is 2.39. The molecular formula is C27H28F3N9O3. The standard InChI is InChI=1S/C27H28F3N9O3/c1-14-8-37(13-34-14)9-16-4-21(39-22(16)23(31)33-12-35-39)15-3-18(25(42-2)32-7-15)24(40)36-20-11-38(10-19(20)28)26(41)17-5-27(29,30)6-17/h3-4,7-8,12-13,17,19-20H,5-6,9-11H2,1-2H3,(H,36,40)(H2,31,33,35)/t19-,20?/m0/s1. The lowest BCUT2D eigenvalue weighted by atomic mass is 9.80. The molecule has 0 aromatic carbocycles. The van der Waals surface area contributed by atoms with Gasteiger partial charge in [-0.2, -0.15) is 5.10 Å². The molecule has 12 nitrogen and oxygen atoms in total. The molecule has 4 aromatic heterocycles. The van der Waals surface area contributed by atoms with Crippen LogP contribution >= 0.6 is 0 Å². The van der Waals surface area contributed by atoms with Gasteiger partial charge in [0.25, 0.3) is 5.91 Å². The highest BCUT2D eigenvalue weighted by Crippen LogP contribution is 2.43. The average Bonchev–Trinajstić information content (AvgIpc) is 3.64. The van der Waals surface area contributed by atoms with E-state index in [2.05, 4.69) is 25.4 Å². The van der Waals surface area contributed by atoms with Crippen molar-refractivity contribution in [2.24, 2.45) is 5.92 Å². The molecule has 4 aromatic rings. The van der Waals surface area contributed by atoms with Crippen LogP contribution < -0.4 is 15.8 Å². The maximum absolute atomic E-state index is 14.9. The van der Waals surface area contributed by atoms with Crippen molar-refractivity contribution < 1.29 is 27.5 Å². The van der Waals surface area contributed by atoms with E-state index in [9.17, 15) is 22.8 Å². The number of methoxy groups -OCH3 is 1. The zero-order valence-corrected chi connectivity index (χ0v) is 22.8. The second-order valence-corrected chi connectivity index (χ2v) is 10.7. The number of imidazole rings is 1. The lowest BCUT2D eigenvalue weighted by Gasteiger charge is -2.36. The van der Waals surface area contributed by atoms with Gasteiger partial charge < -0.3 is 25.3 Å². The predicted octanol–water partition coefficient (Wildman–Crippen LogP) is 2.26. The number of amides is 2. The first-order valence-electron chi connectivity index (χ1n) is 13.3. The Morgan fingerprint density at radius 2 is 1.98 bits per heavy atom. The van der Waals surface area contributed by atoms with Crippen molar-refractivity contribution in [3.8, 4) is 17.1 Å². The summed E-state index contributed by atoms with van der Waals surface area (Å²) < 4.78 is 50.2. The molecule has 2 atom stereocenters. The molecule has 1 saturated heterocycles. The minimum Gasteiger partial charge on any atom is -0.480 e. The third kappa shape index (κ3) is 4.99. The van der Waals surface area contributed by atoms with Crippen LogP contribution in [0.3, 0.4) is 0 Å². The molecule has 15 heteroatoms. The number of ether oxygens (including phenoxy) is 1. The Morgan fingerprint density at radius 1 is 1.19 bits per heavy atom. The number of alkyl halides is 3. The van der Waals surface area contributed by atoms with Crippen molar-refractivity contribution in [2.45, 2.75) is 44.4 Å². The van der Waals surface area contributed by atoms with Crippen molar-refractivity contribution in [1.82, 2.24) is 39.3 Å². The Labute approximate surface area is 237 Å². The van der Waals surface area contributed by atoms with Gasteiger partial charge in [0.15, 0.2) is 5.82 Å². The van der Waals surface area contributed by atoms with Crippen molar-refractivity contribution in [3.05, 3.63) is 54.0 Å². The molecule has 0 spiro atoms. The number of nitrogens with two attached hydrogens (primary N) is 1. The van der Waals surface area contributed by atoms with E-state index in [1.807, 2.05) is 23.8 Å². The average molecular weight is 584 g/mol. The Kier molecular flexibility index (Phi) is 6.74. The van der Waals surface area contributed by atoms with E-state index >= 15 is 0 Å². The van der Waals surface area contributed by atoms with E-state index in [0.29, 0.717) is 23.3 Å². The van der Waals surface area contributed by atoms with Gasteiger partial charge in [-0.25, -0.2) is 32.6 Å². The number of rotatable bonds is 7. The number of carbonyl (C=O) groups is 2. The number of carbonyl (C=O) groups excluding carboxylic acids is 2. The minimum absolute atomic E-state index is 0.0124. The van der Waals surface area contributed by atoms with Crippen molar-refractivity contribution >= 4 is 23.1 Å². The first-order valence-corrected chi connectivity index (χ1v) is 13.3. The SMILES string of the molecule is COc1ncc(-c2cc(Cn3cnc(C)c3)c3c(N)ncnn23)cc1C(=O)NC1CN(C(=O)C2CC(F)(F)C2)C[C@@H]1F. The Bertz CT molecular complexity index is 1680. The van der Waals surface area contributed by atoms with Crippen LogP contribution in [0.5, 0.6) is 5.88 Å². The summed E-state index contributed by atoms with van der Waals surface area (Å²) >= 11 is 0. The molecule has 1 saturated carbocycles. The Morgan fingerprint density at radius 3 is 2.67 bits per heavy atom. The normalized spacial score (nSPS) is 20.1. The van der Waals surface area contributed by atoms with Gasteiger partial charge in [-0.3, -0.25) is 9.59 Å². The largest absolute Gasteiger partial charge is 0.480 e. The second-order valence-electron chi connectivity index (χ2n) is 10.7. The van der Waals surface area contributed by atoms with Crippen LogP contribution in [0, 0.1) is 12.8 Å². The molecule has 2 fully saturated rings. The number of hydrogen-bond acceptors (Lipinski definition) is 8. The lowest BCUT2D eigenvalue weighted by Crippen LogP contribution is -2.47. The quantitative estimate of drug-likeness (QED) is 0.337. The van der Waals surface area contributed by atoms with Crippen molar-refractivity contribution in [3.63, 3.8) is 0 Å². The number of hydrogen-bond donors (Lipinski definition) is 2. The van der Waals surface area contributed by atoms with E-state index in [0.717, 1.165) is 11.3 Å². The monoisotopic (exact) mass is 583 g/mol. The number of anilines is 1. The lowest BCUT2D eigenvalue weighted by molar-refractivity contribution is -0.159. The summed E-state index contributed by atoms with van der Waals surface area (Å²) in [5.41, 5.74) is 9.58. The molecular weight excluding hydrogens is 555 g/mol. The highest BCUT2D eigenvalue weighted by atomic mass is 19.3. The smallest absolute Gasteiger partial charge is 0.257 e. The molecule has 2 amide bonds. The Hall–Kier alpha value is -4.69. The first kappa shape index (κ1) is 27.5. The van der Waals surface area contributed by atoms with E-state index in [4.69, 9.17) is 10.5 Å². The van der Waals surface area contributed by atoms with Gasteiger partial charge in [0, 0.05) is 48.8 Å². The van der Waals surface area contributed by atoms with Gasteiger partial charge >= 0.3 is 0 Å². The molecule has 1 unspecified atom stereocenters. The summed E-state index contributed by atoms with van der Waals surface area (Å²) in [4.78, 5) is 39.8. The van der Waals surface area contributed by atoms with Gasteiger partial charge in [-0.1, -0.05) is 0 Å². The summed E-state index contributed by atoms with van der Waals surface area (Å²) in [7, 11) is 1.35. The van der Waals surface area contributed by atoms with E-state index < -0.39 is 48.7 Å². The van der Waals surface area contributed by atoms with Crippen LogP contribution in [0.1, 0.15) is 34.5 Å². The topological polar surface area (TPSA) is 146 Å². The third-order valence-electron chi connectivity index (χ3n) is 7.68. The Balaban J connectivity index is 1.26. The van der Waals surface area contributed by atoms with Crippen molar-refractivity contribution in [1.29, 1.82) is 0 Å². The molecule has 2 aliphatic rings. The van der Waals surface area contributed by atoms with Crippen LogP contribution in [0.15, 0.2) is 37.2 Å². The van der Waals surface area contributed by atoms with E-state index in [-0.39, 0.29) is 30.4 Å². The highest BCUT2D eigenvalue weighted by Gasteiger charge is 2.51. The number of halogens is 3. The number of aromatic nitrogens is 6. The van der Waals surface area contributed by atoms with Crippen molar-refractivity contribution in [2.75, 3.05) is 25.9 Å². The molecule has 42 heavy (non-hydrogen) atoms. The number of nitrogen functional groups attached to an aromatic ring is 1. The van der Waals surface area contributed by atoms with Crippen LogP contribution in [0.4, 0.5) is 19.0 Å². The van der Waals surface area contributed by atoms with Gasteiger partial charge in [-0.15, -0.1) is 0 Å². The van der Waals surface area contributed by atoms with Gasteiger partial charge in [-0.05, 0) is 19.1 Å². The fourth-order valence-electron chi connectivity index (χ4n) is 5.56. The van der Waals surface area contributed by atoms with E-state index in [1.165, 1.54) is 24.5 Å². The maximum atomic E-state index is 14.9. The summed E-state index contributed by atoms with van der Waals surface area (Å²) in [5, 5.41) is 6.99. The van der Waals surface area contributed by atoms with Crippen LogP contribution in [-0.4, -0.2) is 84.2 Å². The molecule has 1 aliphatic heterocycles. The first-order chi connectivity index (χ1) is 20.0. The van der Waals surface area contributed by atoms with Crippen LogP contribution in [0.2, 0.25) is 0 Å². The van der Waals surface area contributed by atoms with Gasteiger partial charge in [0.2, 0.25) is 17.7 Å². The zero-order chi connectivity index (χ0) is 29.8. The van der Waals surface area contributed by atoms with Gasteiger partial charge in [0.1, 0.15) is 23.6 Å². The number of nitrogens with zero attached hydrogens (tertiary/aromatic N) is 7. The minimum atomic E-state index is -2.86. The molecule has 6 rings (SSSR count). The number of aryl methyl sites for hydroxylation is 1. The summed E-state index contributed by atoms with van der Waals surface area (Å²) in [6.45, 7) is 1.91. The molecule has 5 heterocycles.